The van der Waals surface area contributed by atoms with Gasteiger partial charge in [-0.1, -0.05) is 0 Å². The van der Waals surface area contributed by atoms with Crippen LogP contribution >= 0.6 is 11.3 Å². The summed E-state index contributed by atoms with van der Waals surface area (Å²) in [5.74, 6) is 0.388. The lowest BCUT2D eigenvalue weighted by Crippen LogP contribution is -2.41. The average molecular weight is 430 g/mol. The molecule has 0 unspecified atom stereocenters. The Hall–Kier alpha value is -2.98. The summed E-state index contributed by atoms with van der Waals surface area (Å²) in [5.41, 5.74) is 2.16. The number of hydrogen-bond donors (Lipinski definition) is 1. The van der Waals surface area contributed by atoms with Crippen LogP contribution in [0.5, 0.6) is 0 Å². The number of esters is 1. The molecule has 3 aromatic heterocycles. The summed E-state index contributed by atoms with van der Waals surface area (Å²) in [6.07, 6.45) is 3.32. The summed E-state index contributed by atoms with van der Waals surface area (Å²) < 4.78 is 12.2. The number of rotatable bonds is 5. The molecule has 0 aliphatic carbocycles. The van der Waals surface area contributed by atoms with E-state index in [4.69, 9.17) is 9.47 Å². The first-order valence-corrected chi connectivity index (χ1v) is 10.5. The number of methoxy groups -OCH3 is 2. The van der Waals surface area contributed by atoms with Crippen molar-refractivity contribution in [3.05, 3.63) is 40.5 Å². The molecule has 1 fully saturated rings. The fourth-order valence-electron chi connectivity index (χ4n) is 3.77. The Morgan fingerprint density at radius 3 is 2.80 bits per heavy atom. The number of pyridine rings is 1. The average Bonchev–Trinajstić information content (AvgIpc) is 3.37. The van der Waals surface area contributed by atoms with Gasteiger partial charge in [0, 0.05) is 32.4 Å². The number of anilines is 1. The number of nitrogens with one attached hydrogen (secondary N) is 1. The summed E-state index contributed by atoms with van der Waals surface area (Å²) >= 11 is 1.24. The van der Waals surface area contributed by atoms with Crippen LogP contribution in [-0.2, 0) is 16.1 Å². The van der Waals surface area contributed by atoms with Crippen LogP contribution < -0.4 is 5.32 Å². The lowest BCUT2D eigenvalue weighted by Gasteiger charge is -2.33. The topological polar surface area (TPSA) is 98.6 Å². The van der Waals surface area contributed by atoms with Gasteiger partial charge in [0.1, 0.15) is 22.8 Å². The molecular weight excluding hydrogens is 406 g/mol. The van der Waals surface area contributed by atoms with Gasteiger partial charge in [-0.15, -0.1) is 11.3 Å². The van der Waals surface area contributed by atoms with E-state index in [0.29, 0.717) is 30.3 Å². The van der Waals surface area contributed by atoms with Crippen molar-refractivity contribution in [1.82, 2.24) is 19.4 Å². The number of likely N-dealkylation sites (tertiary alicyclic amines) is 1. The summed E-state index contributed by atoms with van der Waals surface area (Å²) in [6, 6.07) is 5.49. The number of carbonyl (C=O) groups is 2. The van der Waals surface area contributed by atoms with Crippen molar-refractivity contribution in [3.63, 3.8) is 0 Å². The molecule has 0 saturated carbocycles. The minimum atomic E-state index is -0.454. The van der Waals surface area contributed by atoms with Gasteiger partial charge < -0.3 is 24.3 Å². The number of aromatic nitrogens is 3. The highest BCUT2D eigenvalue weighted by atomic mass is 32.1. The zero-order valence-electron chi connectivity index (χ0n) is 16.8. The molecule has 0 radical (unpaired) electrons. The number of imidazole rings is 1. The lowest BCUT2D eigenvalue weighted by molar-refractivity contribution is 0.0607. The van der Waals surface area contributed by atoms with Crippen LogP contribution in [0, 0.1) is 0 Å². The second-order valence-electron chi connectivity index (χ2n) is 6.98. The van der Waals surface area contributed by atoms with Gasteiger partial charge in [0.25, 0.3) is 0 Å². The number of carbonyl (C=O) groups excluding carboxylic acids is 2. The molecule has 4 heterocycles. The first-order valence-electron chi connectivity index (χ1n) is 9.65. The minimum absolute atomic E-state index is 0.186. The van der Waals surface area contributed by atoms with Gasteiger partial charge in [0.2, 0.25) is 0 Å². The van der Waals surface area contributed by atoms with Gasteiger partial charge in [0.05, 0.1) is 12.8 Å². The normalized spacial score (nSPS) is 14.8. The van der Waals surface area contributed by atoms with Crippen molar-refractivity contribution < 1.29 is 19.1 Å². The number of fused-ring (bicyclic) bond motifs is 1. The third-order valence-electron chi connectivity index (χ3n) is 5.19. The van der Waals surface area contributed by atoms with Crippen LogP contribution in [0.3, 0.4) is 0 Å². The fraction of sp³-hybridized carbons (Fsp3) is 0.400. The van der Waals surface area contributed by atoms with Crippen molar-refractivity contribution in [2.45, 2.75) is 25.5 Å². The van der Waals surface area contributed by atoms with Crippen LogP contribution in [0.25, 0.3) is 11.2 Å². The Bertz CT molecular complexity index is 1050. The van der Waals surface area contributed by atoms with E-state index in [1.54, 1.807) is 29.7 Å². The maximum atomic E-state index is 12.7. The SMILES string of the molecule is COCc1nc2cccnc2n1C1CCN(C(=O)Nc2ccsc2C(=O)OC)CC1. The van der Waals surface area contributed by atoms with E-state index in [2.05, 4.69) is 19.9 Å². The third kappa shape index (κ3) is 3.88. The molecule has 0 aromatic carbocycles. The first kappa shape index (κ1) is 20.3. The third-order valence-corrected chi connectivity index (χ3v) is 6.08. The van der Waals surface area contributed by atoms with E-state index in [9.17, 15) is 9.59 Å². The second-order valence-corrected chi connectivity index (χ2v) is 7.90. The molecule has 1 aliphatic heterocycles. The van der Waals surface area contributed by atoms with Gasteiger partial charge in [-0.2, -0.15) is 0 Å². The zero-order valence-corrected chi connectivity index (χ0v) is 17.6. The van der Waals surface area contributed by atoms with Gasteiger partial charge in [-0.25, -0.2) is 19.6 Å². The largest absolute Gasteiger partial charge is 0.465 e. The van der Waals surface area contributed by atoms with Crippen molar-refractivity contribution in [2.24, 2.45) is 0 Å². The lowest BCUT2D eigenvalue weighted by atomic mass is 10.0. The number of thiophene rings is 1. The van der Waals surface area contributed by atoms with Gasteiger partial charge in [-0.05, 0) is 36.4 Å². The van der Waals surface area contributed by atoms with Crippen molar-refractivity contribution >= 4 is 40.2 Å². The Morgan fingerprint density at radius 2 is 2.07 bits per heavy atom. The highest BCUT2D eigenvalue weighted by molar-refractivity contribution is 7.12. The molecule has 1 aliphatic rings. The molecule has 0 spiro atoms. The highest BCUT2D eigenvalue weighted by Gasteiger charge is 2.28. The number of urea groups is 1. The van der Waals surface area contributed by atoms with E-state index in [1.165, 1.54) is 18.4 Å². The molecule has 10 heteroatoms. The minimum Gasteiger partial charge on any atom is -0.465 e. The van der Waals surface area contributed by atoms with E-state index in [1.807, 2.05) is 12.1 Å². The molecule has 2 amide bonds. The molecular formula is C20H23N5O4S. The van der Waals surface area contributed by atoms with Crippen LogP contribution in [0.1, 0.15) is 34.4 Å². The number of piperidine rings is 1. The Balaban J connectivity index is 1.45. The molecule has 9 nitrogen and oxygen atoms in total. The second kappa shape index (κ2) is 8.80. The Labute approximate surface area is 177 Å². The van der Waals surface area contributed by atoms with E-state index >= 15 is 0 Å². The van der Waals surface area contributed by atoms with Crippen molar-refractivity contribution in [3.8, 4) is 0 Å². The quantitative estimate of drug-likeness (QED) is 0.625. The Morgan fingerprint density at radius 1 is 1.27 bits per heavy atom. The number of hydrogen-bond acceptors (Lipinski definition) is 7. The van der Waals surface area contributed by atoms with Crippen LogP contribution in [0.15, 0.2) is 29.8 Å². The van der Waals surface area contributed by atoms with Gasteiger partial charge in [-0.3, -0.25) is 0 Å². The van der Waals surface area contributed by atoms with Crippen molar-refractivity contribution in [1.29, 1.82) is 0 Å². The summed E-state index contributed by atoms with van der Waals surface area (Å²) in [5, 5.41) is 4.58. The smallest absolute Gasteiger partial charge is 0.350 e. The van der Waals surface area contributed by atoms with E-state index in [-0.39, 0.29) is 12.1 Å². The van der Waals surface area contributed by atoms with Crippen LogP contribution in [-0.4, -0.2) is 58.7 Å². The van der Waals surface area contributed by atoms with E-state index in [0.717, 1.165) is 29.8 Å². The monoisotopic (exact) mass is 429 g/mol. The maximum Gasteiger partial charge on any atom is 0.350 e. The zero-order chi connectivity index (χ0) is 21.1. The first-order chi connectivity index (χ1) is 14.6. The summed E-state index contributed by atoms with van der Waals surface area (Å²) in [6.45, 7) is 1.59. The predicted octanol–water partition coefficient (Wildman–Crippen LogP) is 3.29. The molecule has 158 valence electrons. The molecule has 1 saturated heterocycles. The molecule has 4 rings (SSSR count). The van der Waals surface area contributed by atoms with Gasteiger partial charge >= 0.3 is 12.0 Å². The predicted molar refractivity (Wildman–Crippen MR) is 113 cm³/mol. The number of amides is 2. The van der Waals surface area contributed by atoms with Crippen LogP contribution in [0.4, 0.5) is 10.5 Å². The van der Waals surface area contributed by atoms with Gasteiger partial charge in [0.15, 0.2) is 5.65 Å². The molecule has 0 atom stereocenters. The Kier molecular flexibility index (Phi) is 5.96. The molecule has 1 N–H and O–H groups in total. The standard InChI is InChI=1S/C20H23N5O4S/c1-28-12-16-22-15-4-3-8-21-18(15)25(16)13-5-9-24(10-6-13)20(27)23-14-7-11-30-17(14)19(26)29-2/h3-4,7-8,11,13H,5-6,9-10,12H2,1-2H3,(H,23,27). The van der Waals surface area contributed by atoms with E-state index < -0.39 is 5.97 Å². The molecule has 30 heavy (non-hydrogen) atoms. The fourth-order valence-corrected chi connectivity index (χ4v) is 4.54. The number of nitrogens with zero attached hydrogens (tertiary/aromatic N) is 4. The maximum absolute atomic E-state index is 12.7. The molecule has 0 bridgehead atoms. The van der Waals surface area contributed by atoms with Crippen LogP contribution in [0.2, 0.25) is 0 Å². The summed E-state index contributed by atoms with van der Waals surface area (Å²) in [7, 11) is 2.97. The summed E-state index contributed by atoms with van der Waals surface area (Å²) in [4.78, 5) is 35.9. The van der Waals surface area contributed by atoms with Crippen molar-refractivity contribution in [2.75, 3.05) is 32.6 Å². The highest BCUT2D eigenvalue weighted by Crippen LogP contribution is 2.29. The molecule has 3 aromatic rings. The number of ether oxygens (including phenoxy) is 2.